The minimum absolute atomic E-state index is 0.140. The Bertz CT molecular complexity index is 1420. The van der Waals surface area contributed by atoms with E-state index in [-0.39, 0.29) is 11.3 Å². The molecule has 6 heteroatoms. The monoisotopic (exact) mass is 538 g/mol. The number of imidazole rings is 1. The van der Waals surface area contributed by atoms with Crippen LogP contribution in [0.4, 0.5) is 0 Å². The van der Waals surface area contributed by atoms with Crippen molar-refractivity contribution in [3.8, 4) is 0 Å². The SMILES string of the molecule is Cc1nc2ccccc2n1C1C[C@H]2CC[C@@H](C1)N2CCC1(c2ccccc2)CCN(C(=O)c2cccs2)CC1. The van der Waals surface area contributed by atoms with Crippen molar-refractivity contribution in [2.75, 3.05) is 19.6 Å². The summed E-state index contributed by atoms with van der Waals surface area (Å²) in [7, 11) is 0. The molecular weight excluding hydrogens is 500 g/mol. The molecule has 4 aromatic rings. The summed E-state index contributed by atoms with van der Waals surface area (Å²) in [5.74, 6) is 1.36. The first-order valence-electron chi connectivity index (χ1n) is 14.7. The van der Waals surface area contributed by atoms with E-state index < -0.39 is 0 Å². The number of rotatable bonds is 6. The van der Waals surface area contributed by atoms with E-state index in [4.69, 9.17) is 4.98 Å². The zero-order chi connectivity index (χ0) is 26.4. The summed E-state index contributed by atoms with van der Waals surface area (Å²) >= 11 is 1.55. The van der Waals surface area contributed by atoms with E-state index in [2.05, 4.69) is 75.9 Å². The molecule has 0 aliphatic carbocycles. The molecule has 202 valence electrons. The highest BCUT2D eigenvalue weighted by Crippen LogP contribution is 2.45. The predicted molar refractivity (Wildman–Crippen MR) is 158 cm³/mol. The first-order valence-corrected chi connectivity index (χ1v) is 15.6. The largest absolute Gasteiger partial charge is 0.338 e. The third-order valence-electron chi connectivity index (χ3n) is 9.97. The van der Waals surface area contributed by atoms with Gasteiger partial charge in [-0.2, -0.15) is 0 Å². The third-order valence-corrected chi connectivity index (χ3v) is 10.8. The number of amides is 1. The summed E-state index contributed by atoms with van der Waals surface area (Å²) < 4.78 is 2.53. The maximum absolute atomic E-state index is 13.1. The number of nitrogens with zero attached hydrogens (tertiary/aromatic N) is 4. The van der Waals surface area contributed by atoms with Gasteiger partial charge in [0.2, 0.25) is 0 Å². The number of hydrogen-bond acceptors (Lipinski definition) is 4. The van der Waals surface area contributed by atoms with Crippen LogP contribution in [0.5, 0.6) is 0 Å². The number of para-hydroxylation sites is 2. The number of fused-ring (bicyclic) bond motifs is 3. The lowest BCUT2D eigenvalue weighted by Gasteiger charge is -2.45. The van der Waals surface area contributed by atoms with Crippen LogP contribution < -0.4 is 0 Å². The van der Waals surface area contributed by atoms with Crippen molar-refractivity contribution in [3.63, 3.8) is 0 Å². The molecule has 5 heterocycles. The van der Waals surface area contributed by atoms with Crippen molar-refractivity contribution in [2.24, 2.45) is 0 Å². The van der Waals surface area contributed by atoms with Gasteiger partial charge in [0.25, 0.3) is 5.91 Å². The highest BCUT2D eigenvalue weighted by molar-refractivity contribution is 7.12. The summed E-state index contributed by atoms with van der Waals surface area (Å²) in [6.07, 6.45) is 8.32. The normalized spacial score (nSPS) is 24.8. The number of carbonyl (C=O) groups excluding carboxylic acids is 1. The quantitative estimate of drug-likeness (QED) is 0.270. The van der Waals surface area contributed by atoms with E-state index in [0.29, 0.717) is 18.1 Å². The van der Waals surface area contributed by atoms with Crippen LogP contribution in [0.1, 0.15) is 72.0 Å². The Kier molecular flexibility index (Phi) is 6.56. The zero-order valence-corrected chi connectivity index (χ0v) is 23.7. The number of thiophene rings is 1. The Morgan fingerprint density at radius 3 is 2.36 bits per heavy atom. The second-order valence-corrected chi connectivity index (χ2v) is 12.9. The minimum Gasteiger partial charge on any atom is -0.338 e. The van der Waals surface area contributed by atoms with Gasteiger partial charge in [-0.25, -0.2) is 4.98 Å². The van der Waals surface area contributed by atoms with Crippen molar-refractivity contribution in [2.45, 2.75) is 75.4 Å². The molecule has 1 amide bonds. The molecule has 7 rings (SSSR count). The van der Waals surface area contributed by atoms with Crippen LogP contribution in [-0.4, -0.2) is 57.0 Å². The van der Waals surface area contributed by atoms with Gasteiger partial charge in [-0.05, 0) is 93.0 Å². The highest BCUT2D eigenvalue weighted by Gasteiger charge is 2.44. The van der Waals surface area contributed by atoms with Gasteiger partial charge in [0.05, 0.1) is 15.9 Å². The van der Waals surface area contributed by atoms with Crippen molar-refractivity contribution in [1.29, 1.82) is 0 Å². The van der Waals surface area contributed by atoms with E-state index in [1.165, 1.54) is 43.2 Å². The molecule has 2 aromatic heterocycles. The van der Waals surface area contributed by atoms with Gasteiger partial charge in [0, 0.05) is 31.2 Å². The van der Waals surface area contributed by atoms with Crippen LogP contribution in [0.25, 0.3) is 11.0 Å². The predicted octanol–water partition coefficient (Wildman–Crippen LogP) is 6.84. The molecule has 2 bridgehead atoms. The van der Waals surface area contributed by atoms with E-state index in [1.807, 2.05) is 17.5 Å². The first-order chi connectivity index (χ1) is 19.1. The smallest absolute Gasteiger partial charge is 0.263 e. The standard InChI is InChI=1S/C33H38N4OS/c1-24-34-29-10-5-6-11-30(29)37(24)28-22-26-13-14-27(23-28)36(26)20-17-33(25-8-3-2-4-9-25)15-18-35(19-16-33)32(38)31-12-7-21-39-31/h2-12,21,26-28H,13-20,22-23H2,1H3/t26-,27+,28?. The van der Waals surface area contributed by atoms with Crippen molar-refractivity contribution >= 4 is 28.3 Å². The van der Waals surface area contributed by atoms with Gasteiger partial charge in [0.1, 0.15) is 5.82 Å². The summed E-state index contributed by atoms with van der Waals surface area (Å²) in [5, 5.41) is 2.00. The summed E-state index contributed by atoms with van der Waals surface area (Å²) in [6.45, 7) is 5.01. The molecule has 0 radical (unpaired) electrons. The lowest BCUT2D eigenvalue weighted by molar-refractivity contribution is 0.0611. The van der Waals surface area contributed by atoms with Gasteiger partial charge in [0.15, 0.2) is 0 Å². The van der Waals surface area contributed by atoms with Gasteiger partial charge in [-0.1, -0.05) is 48.5 Å². The zero-order valence-electron chi connectivity index (χ0n) is 22.8. The van der Waals surface area contributed by atoms with Crippen LogP contribution >= 0.6 is 11.3 Å². The number of carbonyl (C=O) groups is 1. The van der Waals surface area contributed by atoms with Crippen LogP contribution in [0.2, 0.25) is 0 Å². The lowest BCUT2D eigenvalue weighted by Crippen LogP contribution is -2.49. The Hall–Kier alpha value is -2.96. The minimum atomic E-state index is 0.140. The second kappa shape index (κ2) is 10.2. The van der Waals surface area contributed by atoms with Crippen LogP contribution in [0.3, 0.4) is 0 Å². The molecule has 3 aliphatic rings. The fraction of sp³-hybridized carbons (Fsp3) is 0.455. The van der Waals surface area contributed by atoms with E-state index in [1.54, 1.807) is 11.3 Å². The van der Waals surface area contributed by atoms with E-state index in [0.717, 1.165) is 48.7 Å². The maximum atomic E-state index is 13.1. The van der Waals surface area contributed by atoms with Crippen molar-refractivity contribution < 1.29 is 4.79 Å². The van der Waals surface area contributed by atoms with Crippen LogP contribution in [-0.2, 0) is 5.41 Å². The molecule has 39 heavy (non-hydrogen) atoms. The molecule has 0 N–H and O–H groups in total. The third kappa shape index (κ3) is 4.52. The average molecular weight is 539 g/mol. The number of likely N-dealkylation sites (tertiary alicyclic amines) is 1. The van der Waals surface area contributed by atoms with Crippen molar-refractivity contribution in [1.82, 2.24) is 19.4 Å². The number of benzene rings is 2. The lowest BCUT2D eigenvalue weighted by atomic mass is 9.70. The van der Waals surface area contributed by atoms with Gasteiger partial charge in [-0.3, -0.25) is 9.69 Å². The molecule has 3 atom stereocenters. The van der Waals surface area contributed by atoms with Gasteiger partial charge < -0.3 is 9.47 Å². The average Bonchev–Trinajstić information content (AvgIpc) is 3.68. The van der Waals surface area contributed by atoms with Crippen LogP contribution in [0.15, 0.2) is 72.1 Å². The Morgan fingerprint density at radius 2 is 1.64 bits per heavy atom. The second-order valence-electron chi connectivity index (χ2n) is 11.9. The molecule has 0 saturated carbocycles. The Labute approximate surface area is 235 Å². The highest BCUT2D eigenvalue weighted by atomic mass is 32.1. The molecule has 1 unspecified atom stereocenters. The first kappa shape index (κ1) is 25.0. The number of hydrogen-bond donors (Lipinski definition) is 0. The fourth-order valence-electron chi connectivity index (χ4n) is 7.96. The van der Waals surface area contributed by atoms with Crippen LogP contribution in [0, 0.1) is 6.92 Å². The molecule has 0 spiro atoms. The molecule has 2 aromatic carbocycles. The summed E-state index contributed by atoms with van der Waals surface area (Å²) in [6, 6.07) is 25.6. The number of piperidine rings is 2. The topological polar surface area (TPSA) is 41.4 Å². The Balaban J connectivity index is 1.07. The van der Waals surface area contributed by atoms with Gasteiger partial charge in [-0.15, -0.1) is 11.3 Å². The Morgan fingerprint density at radius 1 is 0.923 bits per heavy atom. The fourth-order valence-corrected chi connectivity index (χ4v) is 8.65. The molecule has 3 saturated heterocycles. The van der Waals surface area contributed by atoms with E-state index >= 15 is 0 Å². The molecule has 3 aliphatic heterocycles. The van der Waals surface area contributed by atoms with Gasteiger partial charge >= 0.3 is 0 Å². The number of aromatic nitrogens is 2. The summed E-state index contributed by atoms with van der Waals surface area (Å²) in [4.78, 5) is 23.7. The number of aryl methyl sites for hydroxylation is 1. The van der Waals surface area contributed by atoms with E-state index in [9.17, 15) is 4.79 Å². The molecule has 5 nitrogen and oxygen atoms in total. The maximum Gasteiger partial charge on any atom is 0.263 e. The summed E-state index contributed by atoms with van der Waals surface area (Å²) in [5.41, 5.74) is 4.01. The van der Waals surface area contributed by atoms with Crippen molar-refractivity contribution in [3.05, 3.63) is 88.4 Å². The molecule has 3 fully saturated rings. The molecular formula is C33H38N4OS.